The number of anilines is 2. The van der Waals surface area contributed by atoms with Gasteiger partial charge in [0.2, 0.25) is 5.91 Å². The smallest absolute Gasteiger partial charge is 0.232 e. The van der Waals surface area contributed by atoms with E-state index in [9.17, 15) is 4.79 Å². The first-order valence-electron chi connectivity index (χ1n) is 8.51. The van der Waals surface area contributed by atoms with Gasteiger partial charge in [-0.2, -0.15) is 0 Å². The zero-order valence-electron chi connectivity index (χ0n) is 15.0. The molecule has 1 N–H and O–H groups in total. The standard InChI is InChI=1S/C19H24N4O2/c1-14-20-11-9-17(21-14)23-12-6-10-19(2,13-23)18(24)22-15-7-4-5-8-16(15)25-3/h4-5,7-9,11H,6,10,12-13H2,1-3H3,(H,22,24)/t19-/m1/s1. The van der Waals surface area contributed by atoms with Crippen LogP contribution in [-0.2, 0) is 4.79 Å². The lowest BCUT2D eigenvalue weighted by atomic mass is 9.81. The minimum atomic E-state index is -0.488. The molecule has 0 saturated carbocycles. The minimum Gasteiger partial charge on any atom is -0.495 e. The molecular weight excluding hydrogens is 316 g/mol. The van der Waals surface area contributed by atoms with Crippen molar-refractivity contribution in [3.8, 4) is 5.75 Å². The molecule has 6 nitrogen and oxygen atoms in total. The van der Waals surface area contributed by atoms with Crippen molar-refractivity contribution in [2.75, 3.05) is 30.4 Å². The van der Waals surface area contributed by atoms with Gasteiger partial charge in [-0.15, -0.1) is 0 Å². The summed E-state index contributed by atoms with van der Waals surface area (Å²) < 4.78 is 5.33. The lowest BCUT2D eigenvalue weighted by Gasteiger charge is -2.40. The van der Waals surface area contributed by atoms with E-state index in [1.54, 1.807) is 13.3 Å². The first-order valence-corrected chi connectivity index (χ1v) is 8.51. The van der Waals surface area contributed by atoms with Crippen LogP contribution in [0.4, 0.5) is 11.5 Å². The molecule has 1 aromatic heterocycles. The van der Waals surface area contributed by atoms with E-state index in [-0.39, 0.29) is 5.91 Å². The van der Waals surface area contributed by atoms with Crippen LogP contribution in [0.2, 0.25) is 0 Å². The van der Waals surface area contributed by atoms with E-state index in [4.69, 9.17) is 4.74 Å². The average molecular weight is 340 g/mol. The van der Waals surface area contributed by atoms with E-state index in [2.05, 4.69) is 20.2 Å². The number of hydrogen-bond acceptors (Lipinski definition) is 5. The maximum atomic E-state index is 13.0. The van der Waals surface area contributed by atoms with Crippen molar-refractivity contribution >= 4 is 17.4 Å². The number of carbonyl (C=O) groups is 1. The fourth-order valence-electron chi connectivity index (χ4n) is 3.26. The number of nitrogens with zero attached hydrogens (tertiary/aromatic N) is 3. The summed E-state index contributed by atoms with van der Waals surface area (Å²) in [7, 11) is 1.60. The first kappa shape index (κ1) is 17.2. The van der Waals surface area contributed by atoms with Crippen LogP contribution in [0.25, 0.3) is 0 Å². The molecule has 3 rings (SSSR count). The van der Waals surface area contributed by atoms with E-state index in [1.807, 2.05) is 44.2 Å². The maximum absolute atomic E-state index is 13.0. The number of benzene rings is 1. The second kappa shape index (κ2) is 7.09. The van der Waals surface area contributed by atoms with E-state index in [0.717, 1.165) is 31.0 Å². The van der Waals surface area contributed by atoms with Crippen molar-refractivity contribution in [3.05, 3.63) is 42.4 Å². The van der Waals surface area contributed by atoms with Gasteiger partial charge in [0.15, 0.2) is 0 Å². The summed E-state index contributed by atoms with van der Waals surface area (Å²) in [5, 5.41) is 3.03. The molecule has 1 fully saturated rings. The molecule has 0 unspecified atom stereocenters. The minimum absolute atomic E-state index is 0.00692. The third-order valence-corrected chi connectivity index (χ3v) is 4.69. The highest BCUT2D eigenvalue weighted by Gasteiger charge is 2.38. The van der Waals surface area contributed by atoms with E-state index >= 15 is 0 Å². The van der Waals surface area contributed by atoms with Gasteiger partial charge in [0, 0.05) is 19.3 Å². The Labute approximate surface area is 148 Å². The molecule has 6 heteroatoms. The van der Waals surface area contributed by atoms with Crippen LogP contribution in [0.3, 0.4) is 0 Å². The Morgan fingerprint density at radius 3 is 2.88 bits per heavy atom. The number of rotatable bonds is 4. The molecule has 0 bridgehead atoms. The molecule has 0 aliphatic carbocycles. The summed E-state index contributed by atoms with van der Waals surface area (Å²) in [4.78, 5) is 23.8. The van der Waals surface area contributed by atoms with Gasteiger partial charge >= 0.3 is 0 Å². The van der Waals surface area contributed by atoms with Crippen LogP contribution >= 0.6 is 0 Å². The SMILES string of the molecule is COc1ccccc1NC(=O)[C@]1(C)CCCN(c2ccnc(C)n2)C1. The topological polar surface area (TPSA) is 67.3 Å². The molecular formula is C19H24N4O2. The lowest BCUT2D eigenvalue weighted by Crippen LogP contribution is -2.48. The molecule has 1 aliphatic rings. The Bertz CT molecular complexity index is 765. The van der Waals surface area contributed by atoms with Gasteiger partial charge in [-0.25, -0.2) is 9.97 Å². The van der Waals surface area contributed by atoms with Gasteiger partial charge in [-0.3, -0.25) is 4.79 Å². The predicted molar refractivity (Wildman–Crippen MR) is 97.9 cm³/mol. The Morgan fingerprint density at radius 2 is 2.12 bits per heavy atom. The van der Waals surface area contributed by atoms with Crippen LogP contribution in [0, 0.1) is 12.3 Å². The van der Waals surface area contributed by atoms with Gasteiger partial charge in [-0.1, -0.05) is 12.1 Å². The Morgan fingerprint density at radius 1 is 1.32 bits per heavy atom. The average Bonchev–Trinajstić information content (AvgIpc) is 2.62. The number of piperidine rings is 1. The lowest BCUT2D eigenvalue weighted by molar-refractivity contribution is -0.125. The molecule has 1 atom stereocenters. The van der Waals surface area contributed by atoms with Crippen molar-refractivity contribution in [1.82, 2.24) is 9.97 Å². The highest BCUT2D eigenvalue weighted by molar-refractivity contribution is 5.96. The number of methoxy groups -OCH3 is 1. The van der Waals surface area contributed by atoms with Crippen molar-refractivity contribution in [2.24, 2.45) is 5.41 Å². The van der Waals surface area contributed by atoms with Gasteiger partial charge < -0.3 is 15.0 Å². The van der Waals surface area contributed by atoms with E-state index in [0.29, 0.717) is 18.0 Å². The highest BCUT2D eigenvalue weighted by Crippen LogP contribution is 2.34. The van der Waals surface area contributed by atoms with Gasteiger partial charge in [-0.05, 0) is 44.9 Å². The highest BCUT2D eigenvalue weighted by atomic mass is 16.5. The molecule has 0 spiro atoms. The van der Waals surface area contributed by atoms with Crippen molar-refractivity contribution in [2.45, 2.75) is 26.7 Å². The molecule has 1 aromatic carbocycles. The van der Waals surface area contributed by atoms with Crippen LogP contribution < -0.4 is 15.0 Å². The number of amides is 1. The summed E-state index contributed by atoms with van der Waals surface area (Å²) in [6, 6.07) is 9.37. The summed E-state index contributed by atoms with van der Waals surface area (Å²) in [6.45, 7) is 5.41. The summed E-state index contributed by atoms with van der Waals surface area (Å²) in [5.41, 5.74) is 0.212. The number of hydrogen-bond donors (Lipinski definition) is 1. The number of nitrogens with one attached hydrogen (secondary N) is 1. The Hall–Kier alpha value is -2.63. The second-order valence-corrected chi connectivity index (χ2v) is 6.70. The number of carbonyl (C=O) groups excluding carboxylic acids is 1. The largest absolute Gasteiger partial charge is 0.495 e. The molecule has 1 saturated heterocycles. The molecule has 132 valence electrons. The van der Waals surface area contributed by atoms with Crippen molar-refractivity contribution in [3.63, 3.8) is 0 Å². The second-order valence-electron chi connectivity index (χ2n) is 6.70. The normalized spacial score (nSPS) is 20.2. The summed E-state index contributed by atoms with van der Waals surface area (Å²) in [5.74, 6) is 2.29. The maximum Gasteiger partial charge on any atom is 0.232 e. The molecule has 2 heterocycles. The van der Waals surface area contributed by atoms with E-state index < -0.39 is 5.41 Å². The fraction of sp³-hybridized carbons (Fsp3) is 0.421. The van der Waals surface area contributed by atoms with Crippen LogP contribution in [-0.4, -0.2) is 36.1 Å². The predicted octanol–water partition coefficient (Wildman–Crippen LogP) is 3.04. The van der Waals surface area contributed by atoms with Crippen molar-refractivity contribution in [1.29, 1.82) is 0 Å². The fourth-order valence-corrected chi connectivity index (χ4v) is 3.26. The quantitative estimate of drug-likeness (QED) is 0.926. The zero-order valence-corrected chi connectivity index (χ0v) is 15.0. The first-order chi connectivity index (χ1) is 12.0. The van der Waals surface area contributed by atoms with E-state index in [1.165, 1.54) is 0 Å². The van der Waals surface area contributed by atoms with Gasteiger partial charge in [0.05, 0.1) is 18.2 Å². The monoisotopic (exact) mass is 340 g/mol. The molecule has 1 amide bonds. The number of para-hydroxylation sites is 2. The van der Waals surface area contributed by atoms with Crippen LogP contribution in [0.15, 0.2) is 36.5 Å². The number of ether oxygens (including phenoxy) is 1. The van der Waals surface area contributed by atoms with Crippen LogP contribution in [0.1, 0.15) is 25.6 Å². The third kappa shape index (κ3) is 3.73. The summed E-state index contributed by atoms with van der Waals surface area (Å²) >= 11 is 0. The Balaban J connectivity index is 1.77. The third-order valence-electron chi connectivity index (χ3n) is 4.69. The zero-order chi connectivity index (χ0) is 17.9. The molecule has 2 aromatic rings. The van der Waals surface area contributed by atoms with Crippen LogP contribution in [0.5, 0.6) is 5.75 Å². The molecule has 25 heavy (non-hydrogen) atoms. The number of aromatic nitrogens is 2. The number of aryl methyl sites for hydroxylation is 1. The van der Waals surface area contributed by atoms with Gasteiger partial charge in [0.25, 0.3) is 0 Å². The van der Waals surface area contributed by atoms with Crippen molar-refractivity contribution < 1.29 is 9.53 Å². The molecule has 0 radical (unpaired) electrons. The summed E-state index contributed by atoms with van der Waals surface area (Å²) in [6.07, 6.45) is 3.55. The van der Waals surface area contributed by atoms with Gasteiger partial charge in [0.1, 0.15) is 17.4 Å². The Kier molecular flexibility index (Phi) is 4.88. The molecule has 1 aliphatic heterocycles.